The largest absolute Gasteiger partial charge is 0.355 e. The molecule has 0 aromatic heterocycles. The molecule has 2 rings (SSSR count). The van der Waals surface area contributed by atoms with Gasteiger partial charge in [0.05, 0.1) is 0 Å². The van der Waals surface area contributed by atoms with Crippen LogP contribution in [0.15, 0.2) is 48.5 Å². The van der Waals surface area contributed by atoms with E-state index in [2.05, 4.69) is 5.32 Å². The molecular weight excluding hydrogens is 213 g/mol. The van der Waals surface area contributed by atoms with E-state index in [9.17, 15) is 4.39 Å². The highest BCUT2D eigenvalue weighted by molar-refractivity contribution is 6.30. The van der Waals surface area contributed by atoms with Crippen LogP contribution in [-0.2, 0) is 0 Å². The Hall–Kier alpha value is -1.54. The molecule has 0 saturated carbocycles. The Balaban J connectivity index is 2.22. The number of anilines is 2. The molecule has 0 bridgehead atoms. The fourth-order valence-corrected chi connectivity index (χ4v) is 1.49. The molecule has 3 heteroatoms. The van der Waals surface area contributed by atoms with Crippen molar-refractivity contribution in [3.05, 3.63) is 59.4 Å². The summed E-state index contributed by atoms with van der Waals surface area (Å²) in [5.74, 6) is -0.262. The molecule has 2 aromatic carbocycles. The van der Waals surface area contributed by atoms with Gasteiger partial charge in [-0.15, -0.1) is 0 Å². The number of benzene rings is 2. The molecule has 15 heavy (non-hydrogen) atoms. The van der Waals surface area contributed by atoms with E-state index < -0.39 is 0 Å². The summed E-state index contributed by atoms with van der Waals surface area (Å²) in [6, 6.07) is 13.6. The van der Waals surface area contributed by atoms with Crippen molar-refractivity contribution in [1.82, 2.24) is 0 Å². The van der Waals surface area contributed by atoms with Gasteiger partial charge in [0.2, 0.25) is 0 Å². The highest BCUT2D eigenvalue weighted by atomic mass is 35.5. The standard InChI is InChI=1S/C12H9ClFN/c13-9-3-1-5-11(7-9)15-12-6-2-4-10(14)8-12/h1-8,15H. The van der Waals surface area contributed by atoms with Crippen molar-refractivity contribution in [3.8, 4) is 0 Å². The third kappa shape index (κ3) is 2.70. The summed E-state index contributed by atoms with van der Waals surface area (Å²) >= 11 is 5.83. The molecule has 2 aromatic rings. The van der Waals surface area contributed by atoms with Gasteiger partial charge in [0.1, 0.15) is 5.82 Å². The van der Waals surface area contributed by atoms with Crippen molar-refractivity contribution in [3.63, 3.8) is 0 Å². The van der Waals surface area contributed by atoms with Gasteiger partial charge in [-0.25, -0.2) is 4.39 Å². The Morgan fingerprint density at radius 2 is 1.60 bits per heavy atom. The van der Waals surface area contributed by atoms with Crippen LogP contribution in [0.2, 0.25) is 5.02 Å². The topological polar surface area (TPSA) is 12.0 Å². The zero-order valence-electron chi connectivity index (χ0n) is 7.87. The third-order valence-electron chi connectivity index (χ3n) is 1.94. The predicted octanol–water partition coefficient (Wildman–Crippen LogP) is 4.22. The van der Waals surface area contributed by atoms with Gasteiger partial charge >= 0.3 is 0 Å². The third-order valence-corrected chi connectivity index (χ3v) is 2.17. The van der Waals surface area contributed by atoms with Gasteiger partial charge in [0, 0.05) is 16.4 Å². The Morgan fingerprint density at radius 3 is 2.27 bits per heavy atom. The smallest absolute Gasteiger partial charge is 0.125 e. The van der Waals surface area contributed by atoms with E-state index in [-0.39, 0.29) is 5.82 Å². The van der Waals surface area contributed by atoms with Crippen LogP contribution in [0.1, 0.15) is 0 Å². The Kier molecular flexibility index (Phi) is 2.88. The lowest BCUT2D eigenvalue weighted by Crippen LogP contribution is -1.90. The van der Waals surface area contributed by atoms with Crippen LogP contribution in [0.25, 0.3) is 0 Å². The Labute approximate surface area is 92.5 Å². The van der Waals surface area contributed by atoms with Crippen LogP contribution in [0.4, 0.5) is 15.8 Å². The van der Waals surface area contributed by atoms with Crippen LogP contribution in [0.5, 0.6) is 0 Å². The second-order valence-electron chi connectivity index (χ2n) is 3.15. The van der Waals surface area contributed by atoms with Gasteiger partial charge in [-0.3, -0.25) is 0 Å². The van der Waals surface area contributed by atoms with Gasteiger partial charge < -0.3 is 5.32 Å². The molecule has 76 valence electrons. The second-order valence-corrected chi connectivity index (χ2v) is 3.58. The van der Waals surface area contributed by atoms with E-state index in [4.69, 9.17) is 11.6 Å². The highest BCUT2D eigenvalue weighted by Crippen LogP contribution is 2.20. The monoisotopic (exact) mass is 221 g/mol. The fourth-order valence-electron chi connectivity index (χ4n) is 1.30. The van der Waals surface area contributed by atoms with Gasteiger partial charge in [0.25, 0.3) is 0 Å². The summed E-state index contributed by atoms with van der Waals surface area (Å²) in [5.41, 5.74) is 1.55. The number of halogens is 2. The van der Waals surface area contributed by atoms with Crippen LogP contribution in [0.3, 0.4) is 0 Å². The fraction of sp³-hybridized carbons (Fsp3) is 0. The van der Waals surface area contributed by atoms with Gasteiger partial charge in [0.15, 0.2) is 0 Å². The first kappa shape index (κ1) is 9.99. The maximum absolute atomic E-state index is 12.9. The molecule has 1 N–H and O–H groups in total. The number of hydrogen-bond acceptors (Lipinski definition) is 1. The predicted molar refractivity (Wildman–Crippen MR) is 61.1 cm³/mol. The van der Waals surface area contributed by atoms with Crippen molar-refractivity contribution in [1.29, 1.82) is 0 Å². The van der Waals surface area contributed by atoms with Crippen LogP contribution in [0, 0.1) is 5.82 Å². The minimum absolute atomic E-state index is 0.262. The number of hydrogen-bond donors (Lipinski definition) is 1. The van der Waals surface area contributed by atoms with Crippen LogP contribution >= 0.6 is 11.6 Å². The summed E-state index contributed by atoms with van der Waals surface area (Å²) in [5, 5.41) is 3.71. The summed E-state index contributed by atoms with van der Waals surface area (Å²) < 4.78 is 12.9. The maximum atomic E-state index is 12.9. The minimum Gasteiger partial charge on any atom is -0.355 e. The average molecular weight is 222 g/mol. The Morgan fingerprint density at radius 1 is 0.933 bits per heavy atom. The first-order valence-corrected chi connectivity index (χ1v) is 4.90. The number of rotatable bonds is 2. The normalized spacial score (nSPS) is 10.0. The van der Waals surface area contributed by atoms with E-state index in [0.717, 1.165) is 5.69 Å². The lowest BCUT2D eigenvalue weighted by molar-refractivity contribution is 0.628. The zero-order valence-corrected chi connectivity index (χ0v) is 8.63. The van der Waals surface area contributed by atoms with Gasteiger partial charge in [-0.05, 0) is 36.4 Å². The number of nitrogens with one attached hydrogen (secondary N) is 1. The molecule has 0 heterocycles. The Bertz CT molecular complexity index is 427. The van der Waals surface area contributed by atoms with E-state index in [1.807, 2.05) is 12.1 Å². The molecule has 0 atom stereocenters. The molecular formula is C12H9ClFN. The first-order valence-electron chi connectivity index (χ1n) is 4.52. The van der Waals surface area contributed by atoms with E-state index in [0.29, 0.717) is 10.7 Å². The summed E-state index contributed by atoms with van der Waals surface area (Å²) in [4.78, 5) is 0. The minimum atomic E-state index is -0.262. The molecule has 0 aliphatic heterocycles. The SMILES string of the molecule is Fc1cccc(Nc2cccc(Cl)c2)c1. The average Bonchev–Trinajstić information content (AvgIpc) is 2.17. The molecule has 0 spiro atoms. The molecule has 0 radical (unpaired) electrons. The molecule has 1 nitrogen and oxygen atoms in total. The van der Waals surface area contributed by atoms with Crippen LogP contribution in [-0.4, -0.2) is 0 Å². The molecule has 0 fully saturated rings. The van der Waals surface area contributed by atoms with Crippen molar-refractivity contribution in [2.75, 3.05) is 5.32 Å². The maximum Gasteiger partial charge on any atom is 0.125 e. The van der Waals surface area contributed by atoms with Gasteiger partial charge in [-0.2, -0.15) is 0 Å². The van der Waals surface area contributed by atoms with E-state index in [1.165, 1.54) is 12.1 Å². The summed E-state index contributed by atoms with van der Waals surface area (Å²) in [7, 11) is 0. The van der Waals surface area contributed by atoms with E-state index in [1.54, 1.807) is 24.3 Å². The van der Waals surface area contributed by atoms with Crippen molar-refractivity contribution in [2.24, 2.45) is 0 Å². The lowest BCUT2D eigenvalue weighted by Gasteiger charge is -2.06. The summed E-state index contributed by atoms with van der Waals surface area (Å²) in [6.45, 7) is 0. The molecule has 0 unspecified atom stereocenters. The quantitative estimate of drug-likeness (QED) is 0.801. The van der Waals surface area contributed by atoms with Crippen molar-refractivity contribution in [2.45, 2.75) is 0 Å². The molecule has 0 amide bonds. The lowest BCUT2D eigenvalue weighted by atomic mass is 10.2. The summed E-state index contributed by atoms with van der Waals surface area (Å²) in [6.07, 6.45) is 0. The highest BCUT2D eigenvalue weighted by Gasteiger charge is 1.96. The second kappa shape index (κ2) is 4.32. The molecule has 0 aliphatic rings. The van der Waals surface area contributed by atoms with Crippen molar-refractivity contribution < 1.29 is 4.39 Å². The van der Waals surface area contributed by atoms with E-state index >= 15 is 0 Å². The first-order chi connectivity index (χ1) is 7.24. The molecule has 0 saturated heterocycles. The van der Waals surface area contributed by atoms with Crippen LogP contribution < -0.4 is 5.32 Å². The zero-order chi connectivity index (χ0) is 10.7. The molecule has 0 aliphatic carbocycles. The van der Waals surface area contributed by atoms with Gasteiger partial charge in [-0.1, -0.05) is 23.7 Å². The van der Waals surface area contributed by atoms with Crippen molar-refractivity contribution >= 4 is 23.0 Å².